The highest BCUT2D eigenvalue weighted by atomic mass is 32.2. The molecule has 0 spiro atoms. The van der Waals surface area contributed by atoms with Gasteiger partial charge < -0.3 is 10.6 Å². The van der Waals surface area contributed by atoms with Gasteiger partial charge in [-0.15, -0.1) is 11.8 Å². The zero-order valence-electron chi connectivity index (χ0n) is 12.4. The quantitative estimate of drug-likeness (QED) is 0.793. The van der Waals surface area contributed by atoms with Crippen molar-refractivity contribution in [3.63, 3.8) is 0 Å². The van der Waals surface area contributed by atoms with E-state index in [1.54, 1.807) is 11.8 Å². The van der Waals surface area contributed by atoms with Gasteiger partial charge in [-0.3, -0.25) is 0 Å². The van der Waals surface area contributed by atoms with Crippen LogP contribution < -0.4 is 10.6 Å². The third-order valence-electron chi connectivity index (χ3n) is 3.09. The van der Waals surface area contributed by atoms with Gasteiger partial charge in [0, 0.05) is 10.9 Å². The third kappa shape index (κ3) is 4.78. The fourth-order valence-corrected chi connectivity index (χ4v) is 2.71. The number of anilines is 1. The van der Waals surface area contributed by atoms with Gasteiger partial charge in [-0.05, 0) is 30.2 Å². The molecule has 4 heteroatoms. The first-order valence-corrected chi connectivity index (χ1v) is 7.88. The Morgan fingerprint density at radius 2 is 1.68 bits per heavy atom. The number of rotatable bonds is 5. The molecule has 0 aliphatic rings. The van der Waals surface area contributed by atoms with Gasteiger partial charge >= 0.3 is 6.03 Å². The Labute approximate surface area is 120 Å². The summed E-state index contributed by atoms with van der Waals surface area (Å²) in [6.07, 6.45) is 2.00. The van der Waals surface area contributed by atoms with Gasteiger partial charge in [0.2, 0.25) is 0 Å². The van der Waals surface area contributed by atoms with Gasteiger partial charge in [0.05, 0.1) is 5.69 Å². The zero-order valence-corrected chi connectivity index (χ0v) is 13.2. The molecule has 0 radical (unpaired) electrons. The van der Waals surface area contributed by atoms with Crippen LogP contribution in [0.2, 0.25) is 0 Å². The van der Waals surface area contributed by atoms with Crippen LogP contribution in [-0.2, 0) is 0 Å². The average Bonchev–Trinajstić information content (AvgIpc) is 2.36. The third-order valence-corrected chi connectivity index (χ3v) is 3.89. The molecule has 0 unspecified atom stereocenters. The van der Waals surface area contributed by atoms with E-state index in [1.807, 2.05) is 30.5 Å². The summed E-state index contributed by atoms with van der Waals surface area (Å²) in [6.45, 7) is 8.50. The van der Waals surface area contributed by atoms with Gasteiger partial charge in [-0.25, -0.2) is 4.79 Å². The van der Waals surface area contributed by atoms with Crippen molar-refractivity contribution in [3.8, 4) is 0 Å². The lowest BCUT2D eigenvalue weighted by atomic mass is 9.93. The van der Waals surface area contributed by atoms with Gasteiger partial charge in [0.25, 0.3) is 0 Å². The zero-order chi connectivity index (χ0) is 14.4. The Morgan fingerprint density at radius 3 is 2.21 bits per heavy atom. The van der Waals surface area contributed by atoms with Crippen molar-refractivity contribution in [2.45, 2.75) is 38.6 Å². The van der Waals surface area contributed by atoms with E-state index in [2.05, 4.69) is 38.3 Å². The van der Waals surface area contributed by atoms with Crippen LogP contribution in [0.1, 0.15) is 27.7 Å². The first-order chi connectivity index (χ1) is 8.95. The molecule has 3 nitrogen and oxygen atoms in total. The van der Waals surface area contributed by atoms with Crippen molar-refractivity contribution < 1.29 is 4.79 Å². The first-order valence-electron chi connectivity index (χ1n) is 6.66. The number of hydrogen-bond acceptors (Lipinski definition) is 2. The van der Waals surface area contributed by atoms with Crippen LogP contribution in [0.15, 0.2) is 29.2 Å². The summed E-state index contributed by atoms with van der Waals surface area (Å²) in [5.41, 5.74) is 0.860. The number of benzene rings is 1. The van der Waals surface area contributed by atoms with E-state index in [4.69, 9.17) is 0 Å². The molecule has 1 rings (SSSR count). The molecule has 0 saturated carbocycles. The lowest BCUT2D eigenvalue weighted by Gasteiger charge is -2.26. The number of para-hydroxylation sites is 1. The molecule has 0 saturated heterocycles. The van der Waals surface area contributed by atoms with E-state index in [1.165, 1.54) is 0 Å². The van der Waals surface area contributed by atoms with Gasteiger partial charge in [0.15, 0.2) is 0 Å². The molecule has 2 amide bonds. The SMILES string of the molecule is CSc1ccccc1NC(=O)NC(C(C)C)C(C)C. The Hall–Kier alpha value is -1.16. The van der Waals surface area contributed by atoms with Crippen molar-refractivity contribution in [2.75, 3.05) is 11.6 Å². The number of thioether (sulfide) groups is 1. The minimum Gasteiger partial charge on any atom is -0.335 e. The van der Waals surface area contributed by atoms with Crippen molar-refractivity contribution in [1.82, 2.24) is 5.32 Å². The monoisotopic (exact) mass is 280 g/mol. The van der Waals surface area contributed by atoms with Crippen LogP contribution in [0.3, 0.4) is 0 Å². The van der Waals surface area contributed by atoms with E-state index in [0.29, 0.717) is 11.8 Å². The van der Waals surface area contributed by atoms with E-state index < -0.39 is 0 Å². The predicted octanol–water partition coefficient (Wildman–Crippen LogP) is 4.21. The molecular formula is C15H24N2OS. The van der Waals surface area contributed by atoms with E-state index >= 15 is 0 Å². The molecule has 0 fully saturated rings. The number of carbonyl (C=O) groups is 1. The van der Waals surface area contributed by atoms with Gasteiger partial charge in [-0.1, -0.05) is 39.8 Å². The summed E-state index contributed by atoms with van der Waals surface area (Å²) in [6, 6.07) is 7.88. The highest BCUT2D eigenvalue weighted by molar-refractivity contribution is 7.98. The molecule has 1 aromatic carbocycles. The van der Waals surface area contributed by atoms with Crippen molar-refractivity contribution in [2.24, 2.45) is 11.8 Å². The highest BCUT2D eigenvalue weighted by Crippen LogP contribution is 2.24. The fourth-order valence-electron chi connectivity index (χ4n) is 2.16. The summed E-state index contributed by atoms with van der Waals surface area (Å²) in [5.74, 6) is 0.836. The van der Waals surface area contributed by atoms with E-state index in [9.17, 15) is 4.79 Å². The Balaban J connectivity index is 2.69. The molecule has 0 aliphatic carbocycles. The van der Waals surface area contributed by atoms with Crippen LogP contribution in [-0.4, -0.2) is 18.3 Å². The molecule has 0 aliphatic heterocycles. The summed E-state index contributed by atoms with van der Waals surface area (Å²) in [7, 11) is 0. The molecule has 0 heterocycles. The number of nitrogens with one attached hydrogen (secondary N) is 2. The van der Waals surface area contributed by atoms with Crippen LogP contribution >= 0.6 is 11.8 Å². The van der Waals surface area contributed by atoms with Crippen molar-refractivity contribution in [1.29, 1.82) is 0 Å². The Bertz CT molecular complexity index is 410. The molecule has 19 heavy (non-hydrogen) atoms. The van der Waals surface area contributed by atoms with E-state index in [-0.39, 0.29) is 12.1 Å². The Kier molecular flexibility index (Phi) is 6.22. The summed E-state index contributed by atoms with van der Waals surface area (Å²) in [5, 5.41) is 5.99. The molecule has 0 aromatic heterocycles. The van der Waals surface area contributed by atoms with Crippen LogP contribution in [0.5, 0.6) is 0 Å². The molecule has 2 N–H and O–H groups in total. The van der Waals surface area contributed by atoms with Crippen LogP contribution in [0, 0.1) is 11.8 Å². The maximum atomic E-state index is 12.1. The smallest absolute Gasteiger partial charge is 0.319 e. The normalized spacial score (nSPS) is 11.2. The second-order valence-corrected chi connectivity index (χ2v) is 6.16. The van der Waals surface area contributed by atoms with E-state index in [0.717, 1.165) is 10.6 Å². The largest absolute Gasteiger partial charge is 0.335 e. The fraction of sp³-hybridized carbons (Fsp3) is 0.533. The van der Waals surface area contributed by atoms with Crippen molar-refractivity contribution in [3.05, 3.63) is 24.3 Å². The number of urea groups is 1. The second-order valence-electron chi connectivity index (χ2n) is 5.31. The number of carbonyl (C=O) groups excluding carboxylic acids is 1. The minimum absolute atomic E-state index is 0.131. The molecule has 1 aromatic rings. The molecule has 0 bridgehead atoms. The van der Waals surface area contributed by atoms with Gasteiger partial charge in [-0.2, -0.15) is 0 Å². The summed E-state index contributed by atoms with van der Waals surface area (Å²) < 4.78 is 0. The number of hydrogen-bond donors (Lipinski definition) is 2. The lowest BCUT2D eigenvalue weighted by molar-refractivity contribution is 0.236. The Morgan fingerprint density at radius 1 is 1.11 bits per heavy atom. The molecule has 106 valence electrons. The molecule has 0 atom stereocenters. The lowest BCUT2D eigenvalue weighted by Crippen LogP contribution is -2.44. The molecular weight excluding hydrogens is 256 g/mol. The summed E-state index contributed by atoms with van der Waals surface area (Å²) in [4.78, 5) is 13.1. The van der Waals surface area contributed by atoms with Crippen LogP contribution in [0.4, 0.5) is 10.5 Å². The van der Waals surface area contributed by atoms with Crippen LogP contribution in [0.25, 0.3) is 0 Å². The second kappa shape index (κ2) is 7.43. The topological polar surface area (TPSA) is 41.1 Å². The van der Waals surface area contributed by atoms with Crippen molar-refractivity contribution >= 4 is 23.5 Å². The number of amides is 2. The minimum atomic E-state index is -0.131. The maximum Gasteiger partial charge on any atom is 0.319 e. The maximum absolute atomic E-state index is 12.1. The standard InChI is InChI=1S/C15H24N2OS/c1-10(2)14(11(3)4)17-15(18)16-12-8-6-7-9-13(12)19-5/h6-11,14H,1-5H3,(H2,16,17,18). The predicted molar refractivity (Wildman–Crippen MR) is 83.8 cm³/mol. The van der Waals surface area contributed by atoms with Gasteiger partial charge in [0.1, 0.15) is 0 Å². The summed E-state index contributed by atoms with van der Waals surface area (Å²) >= 11 is 1.63. The average molecular weight is 280 g/mol. The highest BCUT2D eigenvalue weighted by Gasteiger charge is 2.19. The first kappa shape index (κ1) is 15.9.